The third-order valence-corrected chi connectivity index (χ3v) is 4.04. The molecule has 1 aliphatic heterocycles. The van der Waals surface area contributed by atoms with E-state index in [1.165, 1.54) is 24.3 Å². The number of Topliss-reactive ketones (excluding diaryl/α,β-unsaturated/α-hetero) is 2. The molecule has 1 aromatic carbocycles. The number of hydrogen-bond donors (Lipinski definition) is 1. The number of carbonyl (C=O) groups excluding carboxylic acids is 2. The van der Waals surface area contributed by atoms with Crippen molar-refractivity contribution in [2.24, 2.45) is 0 Å². The highest BCUT2D eigenvalue weighted by Crippen LogP contribution is 2.41. The standard InChI is InChI=1S/C16H15FO4/c17-11-6-4-10(5-7-11)15(20)16(9-18)8-12-13(19)2-1-3-14(12)21-16/h4-7,18H,1-3,8-9H2. The first-order chi connectivity index (χ1) is 10.1. The maximum absolute atomic E-state index is 13.0. The van der Waals surface area contributed by atoms with E-state index in [0.717, 1.165) is 0 Å². The molecule has 1 unspecified atom stereocenters. The Morgan fingerprint density at radius 3 is 2.62 bits per heavy atom. The number of benzene rings is 1. The molecular weight excluding hydrogens is 275 g/mol. The Balaban J connectivity index is 1.91. The largest absolute Gasteiger partial charge is 0.480 e. The first-order valence-corrected chi connectivity index (χ1v) is 6.91. The van der Waals surface area contributed by atoms with Gasteiger partial charge in [0.15, 0.2) is 11.4 Å². The topological polar surface area (TPSA) is 63.6 Å². The van der Waals surface area contributed by atoms with Crippen LogP contribution in [0.4, 0.5) is 4.39 Å². The van der Waals surface area contributed by atoms with Crippen molar-refractivity contribution in [2.75, 3.05) is 6.61 Å². The molecule has 0 radical (unpaired) electrons. The normalized spacial score (nSPS) is 24.8. The van der Waals surface area contributed by atoms with Crippen molar-refractivity contribution in [3.63, 3.8) is 0 Å². The highest BCUT2D eigenvalue weighted by atomic mass is 19.1. The fourth-order valence-corrected chi connectivity index (χ4v) is 2.88. The molecule has 0 saturated carbocycles. The average molecular weight is 290 g/mol. The molecule has 3 rings (SSSR count). The molecule has 0 aromatic heterocycles. The maximum atomic E-state index is 13.0. The van der Waals surface area contributed by atoms with Gasteiger partial charge in [0.25, 0.3) is 0 Å². The molecule has 21 heavy (non-hydrogen) atoms. The monoisotopic (exact) mass is 290 g/mol. The van der Waals surface area contributed by atoms with Gasteiger partial charge in [-0.1, -0.05) is 0 Å². The lowest BCUT2D eigenvalue weighted by Gasteiger charge is -2.26. The molecule has 1 heterocycles. The Morgan fingerprint density at radius 1 is 1.29 bits per heavy atom. The second kappa shape index (κ2) is 5.07. The van der Waals surface area contributed by atoms with Crippen molar-refractivity contribution in [2.45, 2.75) is 31.3 Å². The van der Waals surface area contributed by atoms with Crippen molar-refractivity contribution < 1.29 is 23.8 Å². The van der Waals surface area contributed by atoms with Crippen LogP contribution < -0.4 is 0 Å². The van der Waals surface area contributed by atoms with Gasteiger partial charge in [0.05, 0.1) is 6.61 Å². The summed E-state index contributed by atoms with van der Waals surface area (Å²) in [7, 11) is 0. The van der Waals surface area contributed by atoms with Crippen LogP contribution in [0.3, 0.4) is 0 Å². The Labute approximate surface area is 121 Å². The summed E-state index contributed by atoms with van der Waals surface area (Å²) in [5, 5.41) is 9.68. The molecular formula is C16H15FO4. The number of hydrogen-bond acceptors (Lipinski definition) is 4. The van der Waals surface area contributed by atoms with E-state index in [1.807, 2.05) is 0 Å². The number of rotatable bonds is 3. The molecule has 4 nitrogen and oxygen atoms in total. The van der Waals surface area contributed by atoms with Gasteiger partial charge >= 0.3 is 0 Å². The predicted octanol–water partition coefficient (Wildman–Crippen LogP) is 2.17. The second-order valence-corrected chi connectivity index (χ2v) is 5.45. The molecule has 0 amide bonds. The van der Waals surface area contributed by atoms with E-state index in [0.29, 0.717) is 30.6 Å². The number of aliphatic hydroxyl groups excluding tert-OH is 1. The number of ketones is 2. The van der Waals surface area contributed by atoms with E-state index in [1.54, 1.807) is 0 Å². The van der Waals surface area contributed by atoms with Crippen LogP contribution in [0.5, 0.6) is 0 Å². The van der Waals surface area contributed by atoms with E-state index in [-0.39, 0.29) is 17.8 Å². The molecule has 1 aliphatic carbocycles. The van der Waals surface area contributed by atoms with Crippen LogP contribution in [0.15, 0.2) is 35.6 Å². The van der Waals surface area contributed by atoms with Crippen molar-refractivity contribution in [3.05, 3.63) is 47.0 Å². The first-order valence-electron chi connectivity index (χ1n) is 6.91. The molecule has 0 bridgehead atoms. The fraction of sp³-hybridized carbons (Fsp3) is 0.375. The van der Waals surface area contributed by atoms with Crippen LogP contribution in [-0.2, 0) is 9.53 Å². The Hall–Kier alpha value is -2.01. The fourth-order valence-electron chi connectivity index (χ4n) is 2.88. The average Bonchev–Trinajstić information content (AvgIpc) is 2.89. The minimum absolute atomic E-state index is 0.0153. The van der Waals surface area contributed by atoms with Gasteiger partial charge in [0, 0.05) is 30.4 Å². The quantitative estimate of drug-likeness (QED) is 0.867. The lowest BCUT2D eigenvalue weighted by molar-refractivity contribution is -0.116. The van der Waals surface area contributed by atoms with Gasteiger partial charge in [-0.3, -0.25) is 9.59 Å². The summed E-state index contributed by atoms with van der Waals surface area (Å²) in [5.74, 6) is -0.356. The second-order valence-electron chi connectivity index (χ2n) is 5.45. The molecule has 1 aromatic rings. The number of aliphatic hydroxyl groups is 1. The van der Waals surface area contributed by atoms with Crippen molar-refractivity contribution >= 4 is 11.6 Å². The van der Waals surface area contributed by atoms with Gasteiger partial charge in [0.2, 0.25) is 5.78 Å². The van der Waals surface area contributed by atoms with Crippen LogP contribution in [-0.4, -0.2) is 28.9 Å². The van der Waals surface area contributed by atoms with Crippen molar-refractivity contribution in [3.8, 4) is 0 Å². The summed E-state index contributed by atoms with van der Waals surface area (Å²) < 4.78 is 18.6. The minimum atomic E-state index is -1.44. The number of allylic oxidation sites excluding steroid dienone is 1. The smallest absolute Gasteiger partial charge is 0.209 e. The van der Waals surface area contributed by atoms with Crippen LogP contribution in [0.25, 0.3) is 0 Å². The van der Waals surface area contributed by atoms with Gasteiger partial charge in [-0.2, -0.15) is 0 Å². The number of carbonyl (C=O) groups is 2. The zero-order valence-electron chi connectivity index (χ0n) is 11.4. The molecule has 110 valence electrons. The SMILES string of the molecule is O=C1CCCC2=C1CC(CO)(C(=O)c1ccc(F)cc1)O2. The van der Waals surface area contributed by atoms with Crippen LogP contribution in [0.2, 0.25) is 0 Å². The Morgan fingerprint density at radius 2 is 2.00 bits per heavy atom. The molecule has 2 aliphatic rings. The van der Waals surface area contributed by atoms with Crippen molar-refractivity contribution in [1.29, 1.82) is 0 Å². The predicted molar refractivity (Wildman–Crippen MR) is 72.1 cm³/mol. The summed E-state index contributed by atoms with van der Waals surface area (Å²) >= 11 is 0. The third kappa shape index (κ3) is 2.27. The summed E-state index contributed by atoms with van der Waals surface area (Å²) in [5.41, 5.74) is -0.661. The molecule has 0 spiro atoms. The van der Waals surface area contributed by atoms with Gasteiger partial charge in [-0.25, -0.2) is 4.39 Å². The van der Waals surface area contributed by atoms with Crippen LogP contribution in [0.1, 0.15) is 36.0 Å². The van der Waals surface area contributed by atoms with Crippen molar-refractivity contribution in [1.82, 2.24) is 0 Å². The summed E-state index contributed by atoms with van der Waals surface area (Å²) in [6.45, 7) is -0.510. The summed E-state index contributed by atoms with van der Waals surface area (Å²) in [4.78, 5) is 24.5. The van der Waals surface area contributed by atoms with Gasteiger partial charge in [-0.05, 0) is 30.7 Å². The lowest BCUT2D eigenvalue weighted by Crippen LogP contribution is -2.42. The van der Waals surface area contributed by atoms with Crippen LogP contribution >= 0.6 is 0 Å². The van der Waals surface area contributed by atoms with E-state index < -0.39 is 23.8 Å². The van der Waals surface area contributed by atoms with E-state index in [4.69, 9.17) is 4.74 Å². The van der Waals surface area contributed by atoms with E-state index in [9.17, 15) is 19.1 Å². The van der Waals surface area contributed by atoms with Gasteiger partial charge < -0.3 is 9.84 Å². The van der Waals surface area contributed by atoms with Gasteiger partial charge in [0.1, 0.15) is 11.6 Å². The highest BCUT2D eigenvalue weighted by Gasteiger charge is 2.49. The third-order valence-electron chi connectivity index (χ3n) is 4.04. The first kappa shape index (κ1) is 13.9. The molecule has 0 fully saturated rings. The molecule has 5 heteroatoms. The maximum Gasteiger partial charge on any atom is 0.209 e. The van der Waals surface area contributed by atoms with E-state index in [2.05, 4.69) is 0 Å². The summed E-state index contributed by atoms with van der Waals surface area (Å²) in [6.07, 6.45) is 1.85. The summed E-state index contributed by atoms with van der Waals surface area (Å²) in [6, 6.07) is 5.09. The Kier molecular flexibility index (Phi) is 3.37. The zero-order valence-corrected chi connectivity index (χ0v) is 11.4. The molecule has 1 atom stereocenters. The lowest BCUT2D eigenvalue weighted by atomic mass is 9.85. The van der Waals surface area contributed by atoms with E-state index >= 15 is 0 Å². The minimum Gasteiger partial charge on any atom is -0.480 e. The molecule has 0 saturated heterocycles. The number of ether oxygens (including phenoxy) is 1. The zero-order chi connectivity index (χ0) is 15.0. The molecule has 1 N–H and O–H groups in total. The Bertz CT molecular complexity index is 632. The van der Waals surface area contributed by atoms with Crippen LogP contribution in [0, 0.1) is 5.82 Å². The highest BCUT2D eigenvalue weighted by molar-refractivity contribution is 6.06. The van der Waals surface area contributed by atoms with Gasteiger partial charge in [-0.15, -0.1) is 0 Å². The number of halogens is 1.